The second-order valence-electron chi connectivity index (χ2n) is 8.40. The number of ether oxygens (including phenoxy) is 1. The molecule has 1 heterocycles. The Morgan fingerprint density at radius 1 is 1.21 bits per heavy atom. The Kier molecular flexibility index (Phi) is 6.62. The van der Waals surface area contributed by atoms with Crippen LogP contribution in [0.1, 0.15) is 41.6 Å². The number of aromatic nitrogens is 2. The molecule has 11 heteroatoms. The number of fused-ring (bicyclic) bond motifs is 1. The van der Waals surface area contributed by atoms with E-state index in [1.165, 1.54) is 13.2 Å². The minimum atomic E-state index is -4.21. The number of imidazole rings is 1. The summed E-state index contributed by atoms with van der Waals surface area (Å²) in [6.07, 6.45) is -3.74. The van der Waals surface area contributed by atoms with E-state index in [9.17, 15) is 22.4 Å². The summed E-state index contributed by atoms with van der Waals surface area (Å²) in [6.45, 7) is 1.61. The van der Waals surface area contributed by atoms with E-state index in [1.54, 1.807) is 25.1 Å². The highest BCUT2D eigenvalue weighted by atomic mass is 35.5. The molecule has 1 amide bonds. The van der Waals surface area contributed by atoms with Gasteiger partial charge >= 0.3 is 6.18 Å². The number of anilines is 2. The van der Waals surface area contributed by atoms with Crippen LogP contribution in [0.25, 0.3) is 11.0 Å². The number of benzene rings is 2. The van der Waals surface area contributed by atoms with Gasteiger partial charge in [0.1, 0.15) is 5.75 Å². The van der Waals surface area contributed by atoms with Gasteiger partial charge in [0.15, 0.2) is 5.82 Å². The van der Waals surface area contributed by atoms with Gasteiger partial charge in [-0.2, -0.15) is 13.2 Å². The summed E-state index contributed by atoms with van der Waals surface area (Å²) >= 11 is 6.11. The SMILES string of the molecule is COc1cc2[nH]c(Nc3c(Cl)ccc(C)c3F)nc2cc1C(=O)NC1CCC(C(F)(F)F)CC1. The van der Waals surface area contributed by atoms with Crippen LogP contribution in [-0.2, 0) is 0 Å². The third-order valence-electron chi connectivity index (χ3n) is 6.10. The summed E-state index contributed by atoms with van der Waals surface area (Å²) < 4.78 is 58.5. The lowest BCUT2D eigenvalue weighted by molar-refractivity contribution is -0.182. The molecule has 3 N–H and O–H groups in total. The summed E-state index contributed by atoms with van der Waals surface area (Å²) in [5.74, 6) is -1.81. The van der Waals surface area contributed by atoms with Crippen LogP contribution in [0.4, 0.5) is 29.2 Å². The molecule has 2 aromatic carbocycles. The largest absolute Gasteiger partial charge is 0.496 e. The van der Waals surface area contributed by atoms with Crippen molar-refractivity contribution >= 4 is 40.2 Å². The molecule has 0 unspecified atom stereocenters. The van der Waals surface area contributed by atoms with Gasteiger partial charge in [0.25, 0.3) is 5.91 Å². The Hall–Kier alpha value is -3.01. The summed E-state index contributed by atoms with van der Waals surface area (Å²) in [6, 6.07) is 5.87. The van der Waals surface area contributed by atoms with Crippen molar-refractivity contribution in [3.63, 3.8) is 0 Å². The second kappa shape index (κ2) is 9.32. The Bertz CT molecular complexity index is 1220. The molecule has 1 fully saturated rings. The number of carbonyl (C=O) groups excluding carboxylic acids is 1. The van der Waals surface area contributed by atoms with Crippen LogP contribution in [0.5, 0.6) is 5.75 Å². The molecule has 0 saturated heterocycles. The minimum Gasteiger partial charge on any atom is -0.496 e. The lowest BCUT2D eigenvalue weighted by Gasteiger charge is -2.30. The molecule has 0 spiro atoms. The van der Waals surface area contributed by atoms with E-state index in [-0.39, 0.29) is 59.7 Å². The number of hydrogen-bond donors (Lipinski definition) is 3. The van der Waals surface area contributed by atoms with Crippen LogP contribution in [0.3, 0.4) is 0 Å². The zero-order valence-electron chi connectivity index (χ0n) is 18.4. The zero-order chi connectivity index (χ0) is 24.6. The number of hydrogen-bond acceptors (Lipinski definition) is 4. The molecule has 0 radical (unpaired) electrons. The standard InChI is InChI=1S/C23H23ClF4N4O2/c1-11-3-8-15(24)20(19(11)25)32-22-30-16-9-14(18(34-2)10-17(16)31-22)21(33)29-13-6-4-12(5-7-13)23(26,27)28/h3,8-10,12-13H,4-7H2,1-2H3,(H,29,33)(H2,30,31,32). The van der Waals surface area contributed by atoms with Gasteiger partial charge in [-0.15, -0.1) is 0 Å². The molecule has 0 bridgehead atoms. The maximum absolute atomic E-state index is 14.5. The molecule has 0 atom stereocenters. The number of carbonyl (C=O) groups is 1. The van der Waals surface area contributed by atoms with Crippen LogP contribution in [-0.4, -0.2) is 35.2 Å². The monoisotopic (exact) mass is 498 g/mol. The van der Waals surface area contributed by atoms with E-state index in [0.29, 0.717) is 16.6 Å². The Labute approximate surface area is 198 Å². The number of amides is 1. The quantitative estimate of drug-likeness (QED) is 0.362. The maximum atomic E-state index is 14.5. The molecule has 182 valence electrons. The maximum Gasteiger partial charge on any atom is 0.391 e. The van der Waals surface area contributed by atoms with Crippen molar-refractivity contribution in [2.75, 3.05) is 12.4 Å². The average Bonchev–Trinajstić information content (AvgIpc) is 3.19. The molecule has 1 aromatic heterocycles. The van der Waals surface area contributed by atoms with Crippen molar-refractivity contribution < 1.29 is 27.1 Å². The van der Waals surface area contributed by atoms with Gasteiger partial charge in [0.05, 0.1) is 40.3 Å². The summed E-state index contributed by atoms with van der Waals surface area (Å²) in [4.78, 5) is 20.3. The number of H-pyrrole nitrogens is 1. The van der Waals surface area contributed by atoms with E-state index in [2.05, 4.69) is 20.6 Å². The number of aryl methyl sites for hydroxylation is 1. The highest BCUT2D eigenvalue weighted by Gasteiger charge is 2.41. The fourth-order valence-electron chi connectivity index (χ4n) is 4.16. The first kappa shape index (κ1) is 24.1. The van der Waals surface area contributed by atoms with E-state index < -0.39 is 23.8 Å². The van der Waals surface area contributed by atoms with Crippen molar-refractivity contribution in [1.29, 1.82) is 0 Å². The van der Waals surface area contributed by atoms with Crippen molar-refractivity contribution in [1.82, 2.24) is 15.3 Å². The third-order valence-corrected chi connectivity index (χ3v) is 6.42. The first-order valence-electron chi connectivity index (χ1n) is 10.7. The Balaban J connectivity index is 1.54. The summed E-state index contributed by atoms with van der Waals surface area (Å²) in [5, 5.41) is 5.82. The topological polar surface area (TPSA) is 79.0 Å². The van der Waals surface area contributed by atoms with Crippen molar-refractivity contribution in [2.45, 2.75) is 44.8 Å². The summed E-state index contributed by atoms with van der Waals surface area (Å²) in [7, 11) is 1.41. The number of aromatic amines is 1. The van der Waals surface area contributed by atoms with Gasteiger partial charge in [0, 0.05) is 12.1 Å². The minimum absolute atomic E-state index is 0.0168. The first-order chi connectivity index (χ1) is 16.1. The summed E-state index contributed by atoms with van der Waals surface area (Å²) in [5.41, 5.74) is 1.63. The molecule has 6 nitrogen and oxygen atoms in total. The average molecular weight is 499 g/mol. The molecule has 34 heavy (non-hydrogen) atoms. The van der Waals surface area contributed by atoms with E-state index in [4.69, 9.17) is 16.3 Å². The van der Waals surface area contributed by atoms with Crippen molar-refractivity contribution in [3.05, 3.63) is 46.2 Å². The molecule has 0 aliphatic heterocycles. The Morgan fingerprint density at radius 2 is 1.91 bits per heavy atom. The van der Waals surface area contributed by atoms with Crippen molar-refractivity contribution in [3.8, 4) is 5.75 Å². The lowest BCUT2D eigenvalue weighted by atomic mass is 9.85. The van der Waals surface area contributed by atoms with Gasteiger partial charge in [0.2, 0.25) is 5.95 Å². The number of rotatable bonds is 5. The number of methoxy groups -OCH3 is 1. The smallest absolute Gasteiger partial charge is 0.391 e. The van der Waals surface area contributed by atoms with Crippen LogP contribution in [0, 0.1) is 18.7 Å². The van der Waals surface area contributed by atoms with Crippen LogP contribution in [0.2, 0.25) is 5.02 Å². The fourth-order valence-corrected chi connectivity index (χ4v) is 4.35. The molecule has 1 aliphatic carbocycles. The molecule has 3 aromatic rings. The molecule has 4 rings (SSSR count). The number of nitrogens with zero attached hydrogens (tertiary/aromatic N) is 1. The van der Waals surface area contributed by atoms with Gasteiger partial charge < -0.3 is 20.4 Å². The van der Waals surface area contributed by atoms with Gasteiger partial charge in [-0.25, -0.2) is 9.37 Å². The van der Waals surface area contributed by atoms with Gasteiger partial charge in [-0.05, 0) is 50.3 Å². The van der Waals surface area contributed by atoms with E-state index >= 15 is 0 Å². The van der Waals surface area contributed by atoms with Crippen LogP contribution in [0.15, 0.2) is 24.3 Å². The third kappa shape index (κ3) is 4.91. The molecule has 1 saturated carbocycles. The first-order valence-corrected chi connectivity index (χ1v) is 11.1. The number of nitrogens with one attached hydrogen (secondary N) is 3. The van der Waals surface area contributed by atoms with Crippen molar-refractivity contribution in [2.24, 2.45) is 5.92 Å². The molecular weight excluding hydrogens is 476 g/mol. The predicted molar refractivity (Wildman–Crippen MR) is 121 cm³/mol. The van der Waals surface area contributed by atoms with Crippen LogP contribution < -0.4 is 15.4 Å². The highest BCUT2D eigenvalue weighted by molar-refractivity contribution is 6.33. The Morgan fingerprint density at radius 3 is 2.56 bits per heavy atom. The fraction of sp³-hybridized carbons (Fsp3) is 0.391. The van der Waals surface area contributed by atoms with Gasteiger partial charge in [-0.1, -0.05) is 17.7 Å². The second-order valence-corrected chi connectivity index (χ2v) is 8.80. The number of alkyl halides is 3. The lowest BCUT2D eigenvalue weighted by Crippen LogP contribution is -2.40. The zero-order valence-corrected chi connectivity index (χ0v) is 19.2. The van der Waals surface area contributed by atoms with E-state index in [0.717, 1.165) is 0 Å². The number of halogens is 5. The molecular formula is C23H23ClF4N4O2. The predicted octanol–water partition coefficient (Wildman–Crippen LogP) is 6.27. The highest BCUT2D eigenvalue weighted by Crippen LogP contribution is 2.38. The normalized spacial score (nSPS) is 18.7. The van der Waals surface area contributed by atoms with Crippen LogP contribution >= 0.6 is 11.6 Å². The van der Waals surface area contributed by atoms with Gasteiger partial charge in [-0.3, -0.25) is 4.79 Å². The van der Waals surface area contributed by atoms with E-state index in [1.807, 2.05) is 0 Å². The molecule has 1 aliphatic rings.